The number of amides is 1. The van der Waals surface area contributed by atoms with Gasteiger partial charge < -0.3 is 15.2 Å². The van der Waals surface area contributed by atoms with Crippen LogP contribution in [0.2, 0.25) is 0 Å². The minimum atomic E-state index is -0.938. The second-order valence-electron chi connectivity index (χ2n) is 4.58. The molecule has 0 saturated carbocycles. The van der Waals surface area contributed by atoms with Gasteiger partial charge in [-0.1, -0.05) is 0 Å². The van der Waals surface area contributed by atoms with Crippen molar-refractivity contribution < 1.29 is 19.1 Å². The molecule has 1 atom stereocenters. The highest BCUT2D eigenvalue weighted by atomic mass is 32.1. The summed E-state index contributed by atoms with van der Waals surface area (Å²) < 4.78 is 10.00. The van der Waals surface area contributed by atoms with Crippen molar-refractivity contribution in [2.24, 2.45) is 5.73 Å². The Hall–Kier alpha value is -2.41. The Labute approximate surface area is 131 Å². The van der Waals surface area contributed by atoms with Crippen LogP contribution >= 0.6 is 11.3 Å². The third-order valence-corrected chi connectivity index (χ3v) is 3.86. The Balaban J connectivity index is 2.01. The van der Waals surface area contributed by atoms with Crippen LogP contribution in [0.15, 0.2) is 29.6 Å². The molecule has 116 valence electrons. The van der Waals surface area contributed by atoms with Crippen molar-refractivity contribution in [1.82, 2.24) is 4.98 Å². The van der Waals surface area contributed by atoms with Crippen LogP contribution in [0, 0.1) is 0 Å². The molecule has 1 amide bonds. The predicted octanol–water partition coefficient (Wildman–Crippen LogP) is 1.78. The summed E-state index contributed by atoms with van der Waals surface area (Å²) in [5.41, 5.74) is 6.58. The van der Waals surface area contributed by atoms with Crippen molar-refractivity contribution in [1.29, 1.82) is 0 Å². The first-order chi connectivity index (χ1) is 10.5. The Bertz CT molecular complexity index is 666. The molecule has 0 aliphatic rings. The van der Waals surface area contributed by atoms with E-state index >= 15 is 0 Å². The molecule has 1 aromatic heterocycles. The van der Waals surface area contributed by atoms with Crippen LogP contribution in [0.4, 0.5) is 0 Å². The second kappa shape index (κ2) is 7.04. The van der Waals surface area contributed by atoms with E-state index in [9.17, 15) is 9.59 Å². The lowest BCUT2D eigenvalue weighted by Gasteiger charge is -2.08. The van der Waals surface area contributed by atoms with Gasteiger partial charge in [0.2, 0.25) is 0 Å². The zero-order valence-corrected chi connectivity index (χ0v) is 13.1. The minimum absolute atomic E-state index is 0.00424. The molecular formula is C15H16N2O4S. The molecule has 6 nitrogen and oxygen atoms in total. The van der Waals surface area contributed by atoms with Crippen molar-refractivity contribution in [3.63, 3.8) is 0 Å². The van der Waals surface area contributed by atoms with E-state index in [1.54, 1.807) is 12.5 Å². The number of esters is 1. The number of methoxy groups -OCH3 is 1. The highest BCUT2D eigenvalue weighted by Crippen LogP contribution is 2.25. The SMILES string of the molecule is COc1ccc(-c2nc(CC(=O)O[C@@H](C)C(N)=O)cs2)cc1. The molecule has 0 aliphatic heterocycles. The molecular weight excluding hydrogens is 304 g/mol. The average Bonchev–Trinajstić information content (AvgIpc) is 2.95. The van der Waals surface area contributed by atoms with E-state index in [1.807, 2.05) is 24.3 Å². The maximum absolute atomic E-state index is 11.7. The zero-order valence-electron chi connectivity index (χ0n) is 12.2. The van der Waals surface area contributed by atoms with Crippen molar-refractivity contribution in [3.8, 4) is 16.3 Å². The number of aromatic nitrogens is 1. The molecule has 0 bridgehead atoms. The Kier molecular flexibility index (Phi) is 5.11. The van der Waals surface area contributed by atoms with Crippen LogP contribution in [-0.2, 0) is 20.7 Å². The molecule has 0 spiro atoms. The van der Waals surface area contributed by atoms with Crippen molar-refractivity contribution in [2.75, 3.05) is 7.11 Å². The Morgan fingerprint density at radius 1 is 1.32 bits per heavy atom. The highest BCUT2D eigenvalue weighted by Gasteiger charge is 2.16. The molecule has 2 N–H and O–H groups in total. The number of hydrogen-bond acceptors (Lipinski definition) is 6. The molecule has 22 heavy (non-hydrogen) atoms. The summed E-state index contributed by atoms with van der Waals surface area (Å²) in [6.07, 6.45) is -0.934. The molecule has 1 aromatic carbocycles. The van der Waals surface area contributed by atoms with Gasteiger partial charge in [0.15, 0.2) is 6.10 Å². The fraction of sp³-hybridized carbons (Fsp3) is 0.267. The maximum Gasteiger partial charge on any atom is 0.312 e. The smallest absolute Gasteiger partial charge is 0.312 e. The summed E-state index contributed by atoms with van der Waals surface area (Å²) in [5.74, 6) is -0.437. The molecule has 2 aromatic rings. The first-order valence-corrected chi connectivity index (χ1v) is 7.45. The summed E-state index contributed by atoms with van der Waals surface area (Å²) in [6, 6.07) is 7.49. The molecule has 0 fully saturated rings. The van der Waals surface area contributed by atoms with E-state index in [2.05, 4.69) is 4.98 Å². The number of primary amides is 1. The molecule has 0 aliphatic carbocycles. The van der Waals surface area contributed by atoms with Gasteiger partial charge in [-0.25, -0.2) is 4.98 Å². The van der Waals surface area contributed by atoms with Crippen LogP contribution in [0.25, 0.3) is 10.6 Å². The molecule has 0 radical (unpaired) electrons. The fourth-order valence-electron chi connectivity index (χ4n) is 1.70. The number of ether oxygens (including phenoxy) is 2. The van der Waals surface area contributed by atoms with E-state index in [4.69, 9.17) is 15.2 Å². The lowest BCUT2D eigenvalue weighted by molar-refractivity contribution is -0.153. The number of rotatable bonds is 6. The van der Waals surface area contributed by atoms with Crippen LogP contribution in [0.5, 0.6) is 5.75 Å². The van der Waals surface area contributed by atoms with Crippen LogP contribution < -0.4 is 10.5 Å². The predicted molar refractivity (Wildman–Crippen MR) is 82.6 cm³/mol. The standard InChI is InChI=1S/C15H16N2O4S/c1-9(14(16)19)21-13(18)7-11-8-22-15(17-11)10-3-5-12(20-2)6-4-10/h3-6,8-9H,7H2,1-2H3,(H2,16,19)/t9-/m0/s1. The third kappa shape index (κ3) is 4.05. The largest absolute Gasteiger partial charge is 0.497 e. The number of carbonyl (C=O) groups is 2. The third-order valence-electron chi connectivity index (χ3n) is 2.92. The summed E-state index contributed by atoms with van der Waals surface area (Å²) in [6.45, 7) is 1.43. The summed E-state index contributed by atoms with van der Waals surface area (Å²) >= 11 is 1.43. The normalized spacial score (nSPS) is 11.7. The summed E-state index contributed by atoms with van der Waals surface area (Å²) in [4.78, 5) is 26.9. The number of nitrogens with two attached hydrogens (primary N) is 1. The van der Waals surface area contributed by atoms with Gasteiger partial charge in [0.05, 0.1) is 19.2 Å². The summed E-state index contributed by atoms with van der Waals surface area (Å²) in [7, 11) is 1.61. The number of thiazole rings is 1. The average molecular weight is 320 g/mol. The van der Waals surface area contributed by atoms with Gasteiger partial charge in [0.25, 0.3) is 5.91 Å². The topological polar surface area (TPSA) is 91.5 Å². The highest BCUT2D eigenvalue weighted by molar-refractivity contribution is 7.13. The van der Waals surface area contributed by atoms with Gasteiger partial charge in [-0.2, -0.15) is 0 Å². The monoisotopic (exact) mass is 320 g/mol. The number of carbonyl (C=O) groups excluding carboxylic acids is 2. The first kappa shape index (κ1) is 16.0. The minimum Gasteiger partial charge on any atom is -0.497 e. The van der Waals surface area contributed by atoms with Crippen LogP contribution in [0.1, 0.15) is 12.6 Å². The molecule has 2 rings (SSSR count). The fourth-order valence-corrected chi connectivity index (χ4v) is 2.52. The number of nitrogens with zero attached hydrogens (tertiary/aromatic N) is 1. The van der Waals surface area contributed by atoms with Gasteiger partial charge in [-0.15, -0.1) is 11.3 Å². The molecule has 7 heteroatoms. The van der Waals surface area contributed by atoms with E-state index in [-0.39, 0.29) is 6.42 Å². The zero-order chi connectivity index (χ0) is 16.1. The van der Waals surface area contributed by atoms with E-state index in [0.29, 0.717) is 5.69 Å². The lowest BCUT2D eigenvalue weighted by Crippen LogP contribution is -2.30. The van der Waals surface area contributed by atoms with Gasteiger partial charge in [-0.05, 0) is 31.2 Å². The van der Waals surface area contributed by atoms with Crippen LogP contribution in [0.3, 0.4) is 0 Å². The second-order valence-corrected chi connectivity index (χ2v) is 5.44. The van der Waals surface area contributed by atoms with Crippen molar-refractivity contribution >= 4 is 23.2 Å². The first-order valence-electron chi connectivity index (χ1n) is 6.57. The maximum atomic E-state index is 11.7. The summed E-state index contributed by atoms with van der Waals surface area (Å²) in [5, 5.41) is 2.59. The molecule has 0 saturated heterocycles. The van der Waals surface area contributed by atoms with Crippen LogP contribution in [-0.4, -0.2) is 30.1 Å². The van der Waals surface area contributed by atoms with E-state index in [0.717, 1.165) is 16.3 Å². The van der Waals surface area contributed by atoms with Gasteiger partial charge in [0.1, 0.15) is 10.8 Å². The number of benzene rings is 1. The van der Waals surface area contributed by atoms with Crippen molar-refractivity contribution in [3.05, 3.63) is 35.3 Å². The lowest BCUT2D eigenvalue weighted by atomic mass is 10.2. The Morgan fingerprint density at radius 2 is 2.00 bits per heavy atom. The van der Waals surface area contributed by atoms with Crippen molar-refractivity contribution in [2.45, 2.75) is 19.4 Å². The molecule has 1 heterocycles. The van der Waals surface area contributed by atoms with E-state index in [1.165, 1.54) is 18.3 Å². The Morgan fingerprint density at radius 3 is 2.59 bits per heavy atom. The quantitative estimate of drug-likeness (QED) is 0.819. The van der Waals surface area contributed by atoms with Gasteiger partial charge >= 0.3 is 5.97 Å². The molecule has 0 unspecified atom stereocenters. The van der Waals surface area contributed by atoms with E-state index < -0.39 is 18.0 Å². The number of hydrogen-bond donors (Lipinski definition) is 1. The van der Waals surface area contributed by atoms with Gasteiger partial charge in [0, 0.05) is 10.9 Å². The van der Waals surface area contributed by atoms with Gasteiger partial charge in [-0.3, -0.25) is 9.59 Å².